The van der Waals surface area contributed by atoms with Crippen LogP contribution in [0.3, 0.4) is 0 Å². The second kappa shape index (κ2) is 7.37. The van der Waals surface area contributed by atoms with Crippen molar-refractivity contribution in [3.05, 3.63) is 52.8 Å². The summed E-state index contributed by atoms with van der Waals surface area (Å²) < 4.78 is 5.15. The average Bonchev–Trinajstić information content (AvgIpc) is 2.50. The third kappa shape index (κ3) is 4.16. The summed E-state index contributed by atoms with van der Waals surface area (Å²) in [6.07, 6.45) is 1.14. The topological polar surface area (TPSA) is 83.2 Å². The van der Waals surface area contributed by atoms with Crippen LogP contribution < -0.4 is 10.6 Å². The minimum atomic E-state index is -0.519. The Kier molecular flexibility index (Phi) is 5.26. The lowest BCUT2D eigenvalue weighted by molar-refractivity contribution is 0.102. The number of anilines is 2. The second-order valence-electron chi connectivity index (χ2n) is 4.29. The van der Waals surface area contributed by atoms with E-state index in [4.69, 9.17) is 17.0 Å². The molecule has 114 valence electrons. The Morgan fingerprint density at radius 2 is 1.77 bits per heavy atom. The van der Waals surface area contributed by atoms with E-state index in [1.54, 1.807) is 49.5 Å². The van der Waals surface area contributed by atoms with Gasteiger partial charge in [-0.2, -0.15) is 0 Å². The molecule has 6 nitrogen and oxygen atoms in total. The van der Waals surface area contributed by atoms with Gasteiger partial charge in [0, 0.05) is 17.6 Å². The van der Waals surface area contributed by atoms with Crippen molar-refractivity contribution < 1.29 is 14.3 Å². The van der Waals surface area contributed by atoms with E-state index in [9.17, 15) is 9.59 Å². The first kappa shape index (κ1) is 15.7. The van der Waals surface area contributed by atoms with Gasteiger partial charge in [-0.15, -0.1) is 0 Å². The van der Waals surface area contributed by atoms with Crippen LogP contribution in [-0.4, -0.2) is 23.6 Å². The predicted molar refractivity (Wildman–Crippen MR) is 86.7 cm³/mol. The van der Waals surface area contributed by atoms with Gasteiger partial charge in [-0.25, -0.2) is 4.79 Å². The van der Waals surface area contributed by atoms with E-state index in [-0.39, 0.29) is 5.91 Å². The molecule has 22 heavy (non-hydrogen) atoms. The van der Waals surface area contributed by atoms with Gasteiger partial charge >= 0.3 is 6.09 Å². The fourth-order valence-electron chi connectivity index (χ4n) is 1.72. The lowest BCUT2D eigenvalue weighted by atomic mass is 10.2. The monoisotopic (exact) mass is 317 g/mol. The molecule has 1 aromatic carbocycles. The molecule has 1 heterocycles. The van der Waals surface area contributed by atoms with Crippen molar-refractivity contribution in [1.82, 2.24) is 4.98 Å². The van der Waals surface area contributed by atoms with Crippen LogP contribution in [0.4, 0.5) is 16.2 Å². The molecule has 0 radical (unpaired) electrons. The van der Waals surface area contributed by atoms with Crippen LogP contribution >= 0.6 is 12.2 Å². The number of rotatable bonds is 4. The number of benzene rings is 1. The minimum absolute atomic E-state index is 0.298. The number of pyridine rings is 1. The van der Waals surface area contributed by atoms with Crippen molar-refractivity contribution in [1.29, 1.82) is 0 Å². The standard InChI is InChI=1S/C15H15N3O3S/c1-2-21-15(20)18-11-7-5-10(6-8-11)17-13(19)12-4-3-9-16-14(12)22/h3-9H,2H2,1H3,(H,16,22)(H,17,19)(H,18,20). The number of nitrogens with one attached hydrogen (secondary N) is 3. The van der Waals surface area contributed by atoms with E-state index in [0.29, 0.717) is 28.2 Å². The molecule has 2 amide bonds. The third-order valence-corrected chi connectivity index (χ3v) is 3.07. The number of amides is 2. The molecule has 0 atom stereocenters. The van der Waals surface area contributed by atoms with Crippen LogP contribution in [0.25, 0.3) is 0 Å². The zero-order valence-electron chi connectivity index (χ0n) is 11.9. The number of aromatic nitrogens is 1. The SMILES string of the molecule is CCOC(=O)Nc1ccc(NC(=O)c2ccc[nH]c2=S)cc1. The molecule has 2 aromatic rings. The molecule has 2 rings (SSSR count). The number of hydrogen-bond donors (Lipinski definition) is 3. The number of H-pyrrole nitrogens is 1. The average molecular weight is 317 g/mol. The van der Waals surface area contributed by atoms with E-state index in [1.165, 1.54) is 0 Å². The Morgan fingerprint density at radius 1 is 1.14 bits per heavy atom. The maximum atomic E-state index is 12.1. The highest BCUT2D eigenvalue weighted by Gasteiger charge is 2.08. The smallest absolute Gasteiger partial charge is 0.411 e. The molecular weight excluding hydrogens is 302 g/mol. The summed E-state index contributed by atoms with van der Waals surface area (Å²) in [4.78, 5) is 26.2. The molecule has 0 aliphatic carbocycles. The van der Waals surface area contributed by atoms with Crippen LogP contribution in [0, 0.1) is 4.64 Å². The van der Waals surface area contributed by atoms with Crippen molar-refractivity contribution in [3.63, 3.8) is 0 Å². The Hall–Kier alpha value is -2.67. The number of carbonyl (C=O) groups excluding carboxylic acids is 2. The first-order chi connectivity index (χ1) is 10.6. The van der Waals surface area contributed by atoms with Crippen molar-refractivity contribution >= 4 is 35.6 Å². The predicted octanol–water partition coefficient (Wildman–Crippen LogP) is 3.56. The fourth-order valence-corrected chi connectivity index (χ4v) is 1.95. The van der Waals surface area contributed by atoms with Gasteiger partial charge in [-0.1, -0.05) is 12.2 Å². The van der Waals surface area contributed by atoms with E-state index in [2.05, 4.69) is 15.6 Å². The number of hydrogen-bond acceptors (Lipinski definition) is 4. The van der Waals surface area contributed by atoms with Gasteiger partial charge in [0.25, 0.3) is 5.91 Å². The number of carbonyl (C=O) groups is 2. The zero-order valence-corrected chi connectivity index (χ0v) is 12.7. The van der Waals surface area contributed by atoms with Crippen LogP contribution in [0.2, 0.25) is 0 Å². The molecule has 0 aliphatic heterocycles. The van der Waals surface area contributed by atoms with Crippen LogP contribution in [-0.2, 0) is 4.74 Å². The molecule has 7 heteroatoms. The van der Waals surface area contributed by atoms with Crippen LogP contribution in [0.15, 0.2) is 42.6 Å². The summed E-state index contributed by atoms with van der Waals surface area (Å²) in [5, 5.41) is 5.30. The first-order valence-corrected chi connectivity index (χ1v) is 7.04. The summed E-state index contributed by atoms with van der Waals surface area (Å²) in [5.74, 6) is -0.298. The van der Waals surface area contributed by atoms with Crippen LogP contribution in [0.5, 0.6) is 0 Å². The molecule has 0 aliphatic rings. The first-order valence-electron chi connectivity index (χ1n) is 6.63. The van der Waals surface area contributed by atoms with E-state index < -0.39 is 6.09 Å². The second-order valence-corrected chi connectivity index (χ2v) is 4.70. The Balaban J connectivity index is 2.02. The molecule has 0 unspecified atom stereocenters. The van der Waals surface area contributed by atoms with Gasteiger partial charge in [0.15, 0.2) is 0 Å². The molecule has 0 fully saturated rings. The largest absolute Gasteiger partial charge is 0.450 e. The maximum absolute atomic E-state index is 12.1. The summed E-state index contributed by atoms with van der Waals surface area (Å²) in [7, 11) is 0. The highest BCUT2D eigenvalue weighted by Crippen LogP contribution is 2.15. The molecule has 0 saturated carbocycles. The van der Waals surface area contributed by atoms with Gasteiger partial charge in [0.2, 0.25) is 0 Å². The quantitative estimate of drug-likeness (QED) is 0.753. The normalized spacial score (nSPS) is 9.86. The van der Waals surface area contributed by atoms with Crippen LogP contribution in [0.1, 0.15) is 17.3 Å². The molecule has 0 bridgehead atoms. The van der Waals surface area contributed by atoms with Gasteiger partial charge in [0.1, 0.15) is 4.64 Å². The number of ether oxygens (including phenoxy) is 1. The lowest BCUT2D eigenvalue weighted by Gasteiger charge is -2.08. The van der Waals surface area contributed by atoms with Crippen molar-refractivity contribution in [3.8, 4) is 0 Å². The summed E-state index contributed by atoms with van der Waals surface area (Å²) in [6.45, 7) is 2.03. The van der Waals surface area contributed by atoms with E-state index in [1.807, 2.05) is 0 Å². The molecule has 0 saturated heterocycles. The van der Waals surface area contributed by atoms with E-state index in [0.717, 1.165) is 0 Å². The molecule has 3 N–H and O–H groups in total. The summed E-state index contributed by atoms with van der Waals surface area (Å²) >= 11 is 5.06. The Morgan fingerprint density at radius 3 is 2.36 bits per heavy atom. The highest BCUT2D eigenvalue weighted by molar-refractivity contribution is 7.71. The van der Waals surface area contributed by atoms with Gasteiger partial charge in [0.05, 0.1) is 12.2 Å². The van der Waals surface area contributed by atoms with Gasteiger partial charge < -0.3 is 15.0 Å². The summed E-state index contributed by atoms with van der Waals surface area (Å²) in [6, 6.07) is 10.0. The molecule has 1 aromatic heterocycles. The van der Waals surface area contributed by atoms with Gasteiger partial charge in [-0.05, 0) is 43.3 Å². The molecular formula is C15H15N3O3S. The lowest BCUT2D eigenvalue weighted by Crippen LogP contribution is -2.14. The number of aromatic amines is 1. The Bertz CT molecular complexity index is 725. The molecule has 0 spiro atoms. The highest BCUT2D eigenvalue weighted by atomic mass is 32.1. The Labute approximate surface area is 132 Å². The third-order valence-electron chi connectivity index (χ3n) is 2.73. The fraction of sp³-hybridized carbons (Fsp3) is 0.133. The van der Waals surface area contributed by atoms with E-state index >= 15 is 0 Å². The van der Waals surface area contributed by atoms with Crippen molar-refractivity contribution in [2.24, 2.45) is 0 Å². The zero-order chi connectivity index (χ0) is 15.9. The maximum Gasteiger partial charge on any atom is 0.411 e. The van der Waals surface area contributed by atoms with Gasteiger partial charge in [-0.3, -0.25) is 10.1 Å². The van der Waals surface area contributed by atoms with Crippen molar-refractivity contribution in [2.75, 3.05) is 17.2 Å². The minimum Gasteiger partial charge on any atom is -0.450 e. The van der Waals surface area contributed by atoms with Crippen molar-refractivity contribution in [2.45, 2.75) is 6.92 Å². The summed E-state index contributed by atoms with van der Waals surface area (Å²) in [5.41, 5.74) is 1.57.